The summed E-state index contributed by atoms with van der Waals surface area (Å²) in [5.74, 6) is -0.937. The zero-order chi connectivity index (χ0) is 24.1. The van der Waals surface area contributed by atoms with Gasteiger partial charge in [0.1, 0.15) is 0 Å². The lowest BCUT2D eigenvalue weighted by atomic mass is 9.96. The van der Waals surface area contributed by atoms with Crippen LogP contribution in [-0.4, -0.2) is 26.2 Å². The summed E-state index contributed by atoms with van der Waals surface area (Å²) in [7, 11) is 1.55. The fourth-order valence-corrected chi connectivity index (χ4v) is 4.52. The molecule has 0 aliphatic carbocycles. The van der Waals surface area contributed by atoms with Crippen LogP contribution < -0.4 is 5.56 Å². The summed E-state index contributed by atoms with van der Waals surface area (Å²) in [6.45, 7) is -0.196. The van der Waals surface area contributed by atoms with Crippen molar-refractivity contribution in [3.8, 4) is 11.1 Å². The number of pyridine rings is 1. The second-order valence-electron chi connectivity index (χ2n) is 7.93. The van der Waals surface area contributed by atoms with Crippen LogP contribution in [0.5, 0.6) is 0 Å². The summed E-state index contributed by atoms with van der Waals surface area (Å²) in [6.07, 6.45) is 0. The van der Waals surface area contributed by atoms with Gasteiger partial charge in [0.15, 0.2) is 0 Å². The first kappa shape index (κ1) is 21.5. The summed E-state index contributed by atoms with van der Waals surface area (Å²) in [5.41, 5.74) is 1.41. The second kappa shape index (κ2) is 7.93. The minimum atomic E-state index is -0.509. The Morgan fingerprint density at radius 1 is 0.882 bits per heavy atom. The molecule has 0 spiro atoms. The van der Waals surface area contributed by atoms with Crippen LogP contribution in [0.15, 0.2) is 71.5 Å². The highest BCUT2D eigenvalue weighted by Gasteiger charge is 2.36. The van der Waals surface area contributed by atoms with Gasteiger partial charge < -0.3 is 4.57 Å². The van der Waals surface area contributed by atoms with E-state index < -0.39 is 16.7 Å². The van der Waals surface area contributed by atoms with Gasteiger partial charge >= 0.3 is 0 Å². The van der Waals surface area contributed by atoms with Crippen molar-refractivity contribution in [2.75, 3.05) is 0 Å². The van der Waals surface area contributed by atoms with Crippen LogP contribution >= 0.6 is 11.6 Å². The van der Waals surface area contributed by atoms with Crippen molar-refractivity contribution in [3.63, 3.8) is 0 Å². The Morgan fingerprint density at radius 3 is 2.21 bits per heavy atom. The SMILES string of the molecule is Cn1c(CN2C(=O)c3ccccc3C2=O)c(-c2cccc([N+](=O)[O-])c2)c2cc(Cl)ccc2c1=O. The number of non-ortho nitro benzene ring substituents is 1. The Balaban J connectivity index is 1.78. The van der Waals surface area contributed by atoms with Gasteiger partial charge in [-0.15, -0.1) is 0 Å². The highest BCUT2D eigenvalue weighted by atomic mass is 35.5. The van der Waals surface area contributed by atoms with E-state index in [1.807, 2.05) is 0 Å². The molecule has 0 unspecified atom stereocenters. The van der Waals surface area contributed by atoms with Crippen molar-refractivity contribution in [2.45, 2.75) is 6.54 Å². The Morgan fingerprint density at radius 2 is 1.56 bits per heavy atom. The summed E-state index contributed by atoms with van der Waals surface area (Å²) in [6, 6.07) is 17.3. The predicted octanol–water partition coefficient (Wildman–Crippen LogP) is 4.56. The number of hydrogen-bond acceptors (Lipinski definition) is 5. The van der Waals surface area contributed by atoms with Crippen LogP contribution in [0.25, 0.3) is 21.9 Å². The molecular weight excluding hydrogens is 458 g/mol. The fraction of sp³-hybridized carbons (Fsp3) is 0.0800. The number of nitrogens with zero attached hydrogens (tertiary/aromatic N) is 3. The number of imide groups is 1. The van der Waals surface area contributed by atoms with E-state index >= 15 is 0 Å². The van der Waals surface area contributed by atoms with Crippen molar-refractivity contribution in [2.24, 2.45) is 7.05 Å². The average Bonchev–Trinajstić information content (AvgIpc) is 3.07. The molecule has 8 nitrogen and oxygen atoms in total. The lowest BCUT2D eigenvalue weighted by Gasteiger charge is -2.21. The molecule has 0 atom stereocenters. The van der Waals surface area contributed by atoms with Gasteiger partial charge in [-0.05, 0) is 41.3 Å². The van der Waals surface area contributed by atoms with Crippen LogP contribution in [0.1, 0.15) is 26.4 Å². The van der Waals surface area contributed by atoms with Gasteiger partial charge in [0.2, 0.25) is 0 Å². The van der Waals surface area contributed by atoms with Crippen molar-refractivity contribution >= 4 is 39.9 Å². The standard InChI is InChI=1S/C25H16ClN3O5/c1-27-21(13-28-24(31)17-7-2-3-8-18(17)25(28)32)22(14-5-4-6-16(11-14)29(33)34)20-12-15(26)9-10-19(20)23(27)30/h2-12H,13H2,1H3. The maximum atomic E-state index is 13.2. The summed E-state index contributed by atoms with van der Waals surface area (Å²) in [5, 5.41) is 12.6. The Bertz CT molecular complexity index is 1570. The van der Waals surface area contributed by atoms with Crippen molar-refractivity contribution in [1.29, 1.82) is 0 Å². The van der Waals surface area contributed by atoms with E-state index in [1.54, 1.807) is 61.6 Å². The summed E-state index contributed by atoms with van der Waals surface area (Å²) >= 11 is 6.25. The molecule has 5 rings (SSSR count). The van der Waals surface area contributed by atoms with E-state index in [9.17, 15) is 24.5 Å². The first-order valence-electron chi connectivity index (χ1n) is 10.3. The number of halogens is 1. The van der Waals surface area contributed by atoms with Gasteiger partial charge in [0.05, 0.1) is 22.6 Å². The summed E-state index contributed by atoms with van der Waals surface area (Å²) in [4.78, 5) is 51.2. The molecule has 0 saturated heterocycles. The number of carbonyl (C=O) groups is 2. The number of hydrogen-bond donors (Lipinski definition) is 0. The van der Waals surface area contributed by atoms with Crippen LogP contribution in [-0.2, 0) is 13.6 Å². The Kier molecular flexibility index (Phi) is 5.02. The maximum Gasteiger partial charge on any atom is 0.270 e. The molecule has 34 heavy (non-hydrogen) atoms. The molecule has 0 fully saturated rings. The molecule has 1 aliphatic heterocycles. The second-order valence-corrected chi connectivity index (χ2v) is 8.36. The Labute approximate surface area is 197 Å². The van der Waals surface area contributed by atoms with Gasteiger partial charge in [-0.1, -0.05) is 35.9 Å². The van der Waals surface area contributed by atoms with Gasteiger partial charge in [0.25, 0.3) is 23.1 Å². The number of nitro benzene ring substituents is 1. The molecule has 4 aromatic rings. The van der Waals surface area contributed by atoms with E-state index in [2.05, 4.69) is 0 Å². The molecule has 0 bridgehead atoms. The van der Waals surface area contributed by atoms with Crippen LogP contribution in [0, 0.1) is 10.1 Å². The normalized spacial score (nSPS) is 12.9. The number of nitro groups is 1. The topological polar surface area (TPSA) is 103 Å². The van der Waals surface area contributed by atoms with Crippen LogP contribution in [0.3, 0.4) is 0 Å². The molecule has 0 saturated carbocycles. The van der Waals surface area contributed by atoms with E-state index in [0.717, 1.165) is 4.90 Å². The van der Waals surface area contributed by atoms with E-state index in [1.165, 1.54) is 16.7 Å². The minimum Gasteiger partial charge on any atom is -0.313 e. The largest absolute Gasteiger partial charge is 0.313 e. The molecule has 2 heterocycles. The summed E-state index contributed by atoms with van der Waals surface area (Å²) < 4.78 is 1.37. The number of carbonyl (C=O) groups excluding carboxylic acids is 2. The van der Waals surface area contributed by atoms with Crippen molar-refractivity contribution in [3.05, 3.63) is 109 Å². The molecule has 0 radical (unpaired) electrons. The van der Waals surface area contributed by atoms with E-state index in [0.29, 0.717) is 43.7 Å². The number of benzene rings is 3. The van der Waals surface area contributed by atoms with Crippen molar-refractivity contribution < 1.29 is 14.5 Å². The lowest BCUT2D eigenvalue weighted by Crippen LogP contribution is -2.33. The van der Waals surface area contributed by atoms with Gasteiger partial charge in [-0.3, -0.25) is 29.4 Å². The number of rotatable bonds is 4. The fourth-order valence-electron chi connectivity index (χ4n) is 4.35. The van der Waals surface area contributed by atoms with Gasteiger partial charge in [0, 0.05) is 40.8 Å². The average molecular weight is 474 g/mol. The quantitative estimate of drug-likeness (QED) is 0.245. The maximum absolute atomic E-state index is 13.2. The number of aromatic nitrogens is 1. The molecule has 0 N–H and O–H groups in total. The zero-order valence-electron chi connectivity index (χ0n) is 17.8. The third-order valence-corrected chi connectivity index (χ3v) is 6.25. The predicted molar refractivity (Wildman–Crippen MR) is 127 cm³/mol. The molecule has 9 heteroatoms. The van der Waals surface area contributed by atoms with Gasteiger partial charge in [-0.2, -0.15) is 0 Å². The minimum absolute atomic E-state index is 0.131. The van der Waals surface area contributed by atoms with Crippen LogP contribution in [0.2, 0.25) is 5.02 Å². The van der Waals surface area contributed by atoms with Crippen LogP contribution in [0.4, 0.5) is 5.69 Å². The first-order chi connectivity index (χ1) is 16.3. The molecule has 3 aromatic carbocycles. The molecule has 2 amide bonds. The highest BCUT2D eigenvalue weighted by molar-refractivity contribution is 6.31. The van der Waals surface area contributed by atoms with E-state index in [-0.39, 0.29) is 17.8 Å². The van der Waals surface area contributed by atoms with E-state index in [4.69, 9.17) is 11.6 Å². The lowest BCUT2D eigenvalue weighted by molar-refractivity contribution is -0.384. The Hall–Kier alpha value is -4.30. The first-order valence-corrected chi connectivity index (χ1v) is 10.7. The third-order valence-electron chi connectivity index (χ3n) is 6.01. The zero-order valence-corrected chi connectivity index (χ0v) is 18.6. The molecule has 168 valence electrons. The smallest absolute Gasteiger partial charge is 0.270 e. The third kappa shape index (κ3) is 3.27. The van der Waals surface area contributed by atoms with Gasteiger partial charge in [-0.25, -0.2) is 0 Å². The molecule has 1 aromatic heterocycles. The number of fused-ring (bicyclic) bond motifs is 2. The highest BCUT2D eigenvalue weighted by Crippen LogP contribution is 2.35. The monoisotopic (exact) mass is 473 g/mol. The molecule has 1 aliphatic rings. The molecular formula is C25H16ClN3O5. The van der Waals surface area contributed by atoms with Crippen molar-refractivity contribution in [1.82, 2.24) is 9.47 Å². The number of amides is 2.